The SMILES string of the molecule is N[C@@H](CCF)c1cccnc1Cl. The highest BCUT2D eigenvalue weighted by Gasteiger charge is 2.09. The number of nitrogens with two attached hydrogens (primary N) is 1. The Morgan fingerprint density at radius 2 is 2.42 bits per heavy atom. The minimum absolute atomic E-state index is 0.283. The Kier molecular flexibility index (Phi) is 3.44. The summed E-state index contributed by atoms with van der Waals surface area (Å²) >= 11 is 5.74. The molecule has 1 heterocycles. The van der Waals surface area contributed by atoms with Gasteiger partial charge in [0.2, 0.25) is 0 Å². The van der Waals surface area contributed by atoms with E-state index in [9.17, 15) is 4.39 Å². The number of rotatable bonds is 3. The average Bonchev–Trinajstić information content (AvgIpc) is 2.05. The van der Waals surface area contributed by atoms with Crippen LogP contribution >= 0.6 is 11.6 Å². The number of hydrogen-bond acceptors (Lipinski definition) is 2. The van der Waals surface area contributed by atoms with Crippen molar-refractivity contribution in [1.82, 2.24) is 4.98 Å². The van der Waals surface area contributed by atoms with Gasteiger partial charge in [-0.25, -0.2) is 4.98 Å². The predicted molar refractivity (Wildman–Crippen MR) is 46.8 cm³/mol. The van der Waals surface area contributed by atoms with Crippen LogP contribution in [0.5, 0.6) is 0 Å². The normalized spacial score (nSPS) is 12.9. The van der Waals surface area contributed by atoms with Crippen LogP contribution in [0.3, 0.4) is 0 Å². The second-order valence-corrected chi connectivity index (χ2v) is 2.83. The third kappa shape index (κ3) is 2.16. The summed E-state index contributed by atoms with van der Waals surface area (Å²) in [4.78, 5) is 3.85. The summed E-state index contributed by atoms with van der Waals surface area (Å²) in [6.45, 7) is -0.438. The highest BCUT2D eigenvalue weighted by Crippen LogP contribution is 2.20. The molecule has 12 heavy (non-hydrogen) atoms. The molecule has 0 unspecified atom stereocenters. The smallest absolute Gasteiger partial charge is 0.133 e. The number of halogens is 2. The molecule has 0 fully saturated rings. The van der Waals surface area contributed by atoms with Gasteiger partial charge in [-0.05, 0) is 12.5 Å². The number of nitrogens with zero attached hydrogens (tertiary/aromatic N) is 1. The maximum Gasteiger partial charge on any atom is 0.133 e. The van der Waals surface area contributed by atoms with Gasteiger partial charge < -0.3 is 5.73 Å². The van der Waals surface area contributed by atoms with E-state index in [0.29, 0.717) is 10.7 Å². The second-order valence-electron chi connectivity index (χ2n) is 2.47. The van der Waals surface area contributed by atoms with Gasteiger partial charge in [-0.1, -0.05) is 17.7 Å². The Morgan fingerprint density at radius 3 is 3.00 bits per heavy atom. The maximum atomic E-state index is 11.9. The summed E-state index contributed by atoms with van der Waals surface area (Å²) in [7, 11) is 0. The fraction of sp³-hybridized carbons (Fsp3) is 0.375. The Morgan fingerprint density at radius 1 is 1.67 bits per heavy atom. The molecule has 0 radical (unpaired) electrons. The van der Waals surface area contributed by atoms with Crippen molar-refractivity contribution in [2.75, 3.05) is 6.67 Å². The summed E-state index contributed by atoms with van der Waals surface area (Å²) in [6, 6.07) is 3.14. The van der Waals surface area contributed by atoms with Crippen molar-refractivity contribution in [3.8, 4) is 0 Å². The molecule has 66 valence electrons. The van der Waals surface area contributed by atoms with Crippen molar-refractivity contribution in [3.05, 3.63) is 29.0 Å². The largest absolute Gasteiger partial charge is 0.324 e. The van der Waals surface area contributed by atoms with Gasteiger partial charge in [0.25, 0.3) is 0 Å². The summed E-state index contributed by atoms with van der Waals surface area (Å²) in [6.07, 6.45) is 1.86. The van der Waals surface area contributed by atoms with Crippen LogP contribution in [0.25, 0.3) is 0 Å². The molecule has 0 saturated heterocycles. The molecule has 2 N–H and O–H groups in total. The zero-order chi connectivity index (χ0) is 8.97. The quantitative estimate of drug-likeness (QED) is 0.738. The van der Waals surface area contributed by atoms with Crippen LogP contribution in [-0.4, -0.2) is 11.7 Å². The molecule has 4 heteroatoms. The van der Waals surface area contributed by atoms with Crippen LogP contribution in [0.1, 0.15) is 18.0 Å². The number of hydrogen-bond donors (Lipinski definition) is 1. The molecule has 0 bridgehead atoms. The summed E-state index contributed by atoms with van der Waals surface area (Å²) in [5.41, 5.74) is 6.35. The standard InChI is InChI=1S/C8H10ClFN2/c9-8-6(2-1-5-12-8)7(11)3-4-10/h1-2,5,7H,3-4,11H2/t7-/m0/s1. The first kappa shape index (κ1) is 9.42. The highest BCUT2D eigenvalue weighted by molar-refractivity contribution is 6.30. The molecule has 1 atom stereocenters. The molecule has 0 saturated carbocycles. The topological polar surface area (TPSA) is 38.9 Å². The molecule has 0 aliphatic carbocycles. The first-order chi connectivity index (χ1) is 5.75. The van der Waals surface area contributed by atoms with E-state index >= 15 is 0 Å². The fourth-order valence-corrected chi connectivity index (χ4v) is 1.21. The van der Waals surface area contributed by atoms with Crippen molar-refractivity contribution >= 4 is 11.6 Å². The molecule has 0 aliphatic heterocycles. The first-order valence-electron chi connectivity index (χ1n) is 3.67. The van der Waals surface area contributed by atoms with E-state index in [-0.39, 0.29) is 12.5 Å². The Labute approximate surface area is 75.6 Å². The Balaban J connectivity index is 2.79. The van der Waals surface area contributed by atoms with Gasteiger partial charge in [0.15, 0.2) is 0 Å². The van der Waals surface area contributed by atoms with E-state index in [2.05, 4.69) is 4.98 Å². The lowest BCUT2D eigenvalue weighted by molar-refractivity contribution is 0.441. The van der Waals surface area contributed by atoms with E-state index in [0.717, 1.165) is 0 Å². The van der Waals surface area contributed by atoms with Crippen molar-refractivity contribution < 1.29 is 4.39 Å². The molecular formula is C8H10ClFN2. The summed E-state index contributed by atoms with van der Waals surface area (Å²) in [5.74, 6) is 0. The summed E-state index contributed by atoms with van der Waals surface area (Å²) < 4.78 is 11.9. The van der Waals surface area contributed by atoms with Gasteiger partial charge in [0.1, 0.15) is 5.15 Å². The highest BCUT2D eigenvalue weighted by atomic mass is 35.5. The molecule has 2 nitrogen and oxygen atoms in total. The van der Waals surface area contributed by atoms with E-state index in [4.69, 9.17) is 17.3 Å². The molecular weight excluding hydrogens is 179 g/mol. The van der Waals surface area contributed by atoms with Crippen LogP contribution in [-0.2, 0) is 0 Å². The zero-order valence-electron chi connectivity index (χ0n) is 6.50. The van der Waals surface area contributed by atoms with Gasteiger partial charge in [0, 0.05) is 17.8 Å². The van der Waals surface area contributed by atoms with Gasteiger partial charge in [0.05, 0.1) is 6.67 Å². The molecule has 0 aliphatic rings. The Hall–Kier alpha value is -0.670. The fourth-order valence-electron chi connectivity index (χ4n) is 0.948. The molecule has 1 aromatic heterocycles. The molecule has 0 amide bonds. The minimum Gasteiger partial charge on any atom is -0.324 e. The van der Waals surface area contributed by atoms with Crippen molar-refractivity contribution in [2.45, 2.75) is 12.5 Å². The van der Waals surface area contributed by atoms with E-state index in [1.807, 2.05) is 0 Å². The molecule has 0 aromatic carbocycles. The second kappa shape index (κ2) is 4.38. The molecule has 1 rings (SSSR count). The van der Waals surface area contributed by atoms with Crippen molar-refractivity contribution in [1.29, 1.82) is 0 Å². The maximum absolute atomic E-state index is 11.9. The number of aromatic nitrogens is 1. The van der Waals surface area contributed by atoms with Crippen molar-refractivity contribution in [3.63, 3.8) is 0 Å². The summed E-state index contributed by atoms with van der Waals surface area (Å²) in [5, 5.41) is 0.360. The zero-order valence-corrected chi connectivity index (χ0v) is 7.26. The van der Waals surface area contributed by atoms with Gasteiger partial charge in [-0.3, -0.25) is 4.39 Å². The van der Waals surface area contributed by atoms with Crippen molar-refractivity contribution in [2.24, 2.45) is 5.73 Å². The predicted octanol–water partition coefficient (Wildman–Crippen LogP) is 2.09. The van der Waals surface area contributed by atoms with Gasteiger partial charge in [-0.15, -0.1) is 0 Å². The van der Waals surface area contributed by atoms with Crippen LogP contribution < -0.4 is 5.73 Å². The van der Waals surface area contributed by atoms with E-state index < -0.39 is 6.67 Å². The van der Waals surface area contributed by atoms with Gasteiger partial charge >= 0.3 is 0 Å². The number of alkyl halides is 1. The van der Waals surface area contributed by atoms with Crippen LogP contribution in [0.2, 0.25) is 5.15 Å². The average molecular weight is 189 g/mol. The lowest BCUT2D eigenvalue weighted by atomic mass is 10.1. The first-order valence-corrected chi connectivity index (χ1v) is 4.05. The lowest BCUT2D eigenvalue weighted by Crippen LogP contribution is -2.11. The monoisotopic (exact) mass is 188 g/mol. The van der Waals surface area contributed by atoms with Gasteiger partial charge in [-0.2, -0.15) is 0 Å². The third-order valence-corrected chi connectivity index (χ3v) is 1.92. The Bertz CT molecular complexity index is 255. The molecule has 1 aromatic rings. The molecule has 0 spiro atoms. The minimum atomic E-state index is -0.438. The van der Waals surface area contributed by atoms with E-state index in [1.165, 1.54) is 0 Å². The van der Waals surface area contributed by atoms with Crippen LogP contribution in [0.4, 0.5) is 4.39 Å². The van der Waals surface area contributed by atoms with Crippen LogP contribution in [0, 0.1) is 0 Å². The lowest BCUT2D eigenvalue weighted by Gasteiger charge is -2.09. The van der Waals surface area contributed by atoms with E-state index in [1.54, 1.807) is 18.3 Å². The third-order valence-electron chi connectivity index (χ3n) is 1.61. The van der Waals surface area contributed by atoms with Crippen LogP contribution in [0.15, 0.2) is 18.3 Å². The number of pyridine rings is 1.